The Balaban J connectivity index is 0.903. The minimum atomic E-state index is -0.376. The molecule has 0 aromatic carbocycles. The van der Waals surface area contributed by atoms with E-state index < -0.39 is 0 Å². The van der Waals surface area contributed by atoms with E-state index in [1.807, 2.05) is 70.1 Å². The first-order valence-electron chi connectivity index (χ1n) is 15.9. The van der Waals surface area contributed by atoms with Crippen molar-refractivity contribution in [1.82, 2.24) is 14.8 Å². The predicted molar refractivity (Wildman–Crippen MR) is 195 cm³/mol. The first-order valence-corrected chi connectivity index (χ1v) is 19.5. The summed E-state index contributed by atoms with van der Waals surface area (Å²) in [7, 11) is 0. The summed E-state index contributed by atoms with van der Waals surface area (Å²) >= 11 is 6.44. The first kappa shape index (κ1) is 37.3. The van der Waals surface area contributed by atoms with Crippen molar-refractivity contribution >= 4 is 57.5 Å². The fourth-order valence-electron chi connectivity index (χ4n) is 4.46. The Bertz CT molecular complexity index is 1440. The molecule has 50 heavy (non-hydrogen) atoms. The number of hydrogen-bond donors (Lipinski definition) is 0. The van der Waals surface area contributed by atoms with Crippen LogP contribution >= 0.6 is 45.3 Å². The monoisotopic (exact) mass is 757 g/mol. The van der Waals surface area contributed by atoms with Gasteiger partial charge in [-0.3, -0.25) is 9.80 Å². The highest BCUT2D eigenvalue weighted by molar-refractivity contribution is 7.10. The molecule has 0 saturated carbocycles. The van der Waals surface area contributed by atoms with Gasteiger partial charge in [-0.25, -0.2) is 9.59 Å². The second-order valence-electron chi connectivity index (χ2n) is 10.5. The second-order valence-corrected chi connectivity index (χ2v) is 14.6. The molecule has 5 rings (SSSR count). The number of carbonyl (C=O) groups excluding carboxylic acids is 2. The van der Waals surface area contributed by atoms with Crippen LogP contribution in [0.1, 0.15) is 19.5 Å². The standard InChI is InChI=1S/C35H39N3O8S4/c39-34(37(24-28-6-2-20-47-28)25-29-7-3-21-48-29)45-18-14-41-12-16-43-32-10-1-11-33(36-32)44-17-13-42-15-19-46-35(40)38(26-30-8-4-22-49-30)27-31-9-5-23-50-31/h1-11,20-23H,12-19,24-27H2. The van der Waals surface area contributed by atoms with Gasteiger partial charge in [0.2, 0.25) is 11.8 Å². The van der Waals surface area contributed by atoms with Gasteiger partial charge in [-0.1, -0.05) is 30.3 Å². The SMILES string of the molecule is O=C(OCCOCCOc1cccc(OCCOCCOC(=O)N(Cc2cccs2)Cc2cccs2)n1)N(Cc1cccs1)Cc1cccs1. The number of rotatable bonds is 22. The van der Waals surface area contributed by atoms with Gasteiger partial charge in [-0.2, -0.15) is 4.98 Å². The average molecular weight is 758 g/mol. The zero-order valence-electron chi connectivity index (χ0n) is 27.4. The number of pyridine rings is 1. The number of carbonyl (C=O) groups is 2. The lowest BCUT2D eigenvalue weighted by Crippen LogP contribution is -2.31. The number of amides is 2. The maximum atomic E-state index is 12.8. The van der Waals surface area contributed by atoms with Crippen LogP contribution in [0, 0.1) is 0 Å². The van der Waals surface area contributed by atoms with Crippen molar-refractivity contribution in [2.75, 3.05) is 52.9 Å². The molecular formula is C35H39N3O8S4. The van der Waals surface area contributed by atoms with Crippen LogP contribution in [-0.4, -0.2) is 79.8 Å². The third-order valence-electron chi connectivity index (χ3n) is 6.78. The second kappa shape index (κ2) is 21.3. The van der Waals surface area contributed by atoms with E-state index in [-0.39, 0.29) is 51.8 Å². The Hall–Kier alpha value is -3.99. The summed E-state index contributed by atoms with van der Waals surface area (Å²) in [5.41, 5.74) is 0. The average Bonchev–Trinajstić information content (AvgIpc) is 3.97. The summed E-state index contributed by atoms with van der Waals surface area (Å²) in [5.74, 6) is 0.801. The Morgan fingerprint density at radius 3 is 1.18 bits per heavy atom. The van der Waals surface area contributed by atoms with E-state index in [0.717, 1.165) is 19.5 Å². The molecule has 11 nitrogen and oxygen atoms in total. The van der Waals surface area contributed by atoms with Crippen molar-refractivity contribution in [3.8, 4) is 11.8 Å². The Labute approximate surface area is 307 Å². The van der Waals surface area contributed by atoms with E-state index in [9.17, 15) is 9.59 Å². The van der Waals surface area contributed by atoms with E-state index in [0.29, 0.717) is 51.2 Å². The summed E-state index contributed by atoms with van der Waals surface area (Å²) in [5, 5.41) is 7.98. The molecule has 266 valence electrons. The van der Waals surface area contributed by atoms with Gasteiger partial charge < -0.3 is 28.4 Å². The number of nitrogens with zero attached hydrogens (tertiary/aromatic N) is 3. The van der Waals surface area contributed by atoms with Crippen LogP contribution in [0.2, 0.25) is 0 Å². The minimum absolute atomic E-state index is 0.139. The van der Waals surface area contributed by atoms with E-state index in [2.05, 4.69) is 4.98 Å². The molecule has 5 aromatic rings. The predicted octanol–water partition coefficient (Wildman–Crippen LogP) is 7.80. The van der Waals surface area contributed by atoms with Gasteiger partial charge in [0, 0.05) is 31.6 Å². The normalized spacial score (nSPS) is 10.9. The summed E-state index contributed by atoms with van der Waals surface area (Å²) in [6.07, 6.45) is -0.752. The maximum Gasteiger partial charge on any atom is 0.410 e. The molecule has 2 amide bonds. The van der Waals surface area contributed by atoms with Gasteiger partial charge in [0.25, 0.3) is 0 Å². The minimum Gasteiger partial charge on any atom is -0.475 e. The highest BCUT2D eigenvalue weighted by atomic mass is 32.1. The third-order valence-corrected chi connectivity index (χ3v) is 10.2. The highest BCUT2D eigenvalue weighted by Gasteiger charge is 2.18. The molecule has 0 bridgehead atoms. The number of thiophene rings is 4. The van der Waals surface area contributed by atoms with E-state index in [1.165, 1.54) is 0 Å². The molecular weight excluding hydrogens is 719 g/mol. The Kier molecular flexibility index (Phi) is 15.9. The number of ether oxygens (including phenoxy) is 6. The molecule has 0 aliphatic carbocycles. The summed E-state index contributed by atoms with van der Waals surface area (Å²) < 4.78 is 33.5. The van der Waals surface area contributed by atoms with Gasteiger partial charge in [-0.15, -0.1) is 45.3 Å². The Morgan fingerprint density at radius 2 is 0.840 bits per heavy atom. The lowest BCUT2D eigenvalue weighted by molar-refractivity contribution is 0.0413. The van der Waals surface area contributed by atoms with Crippen LogP contribution in [0.25, 0.3) is 0 Å². The van der Waals surface area contributed by atoms with Crippen molar-refractivity contribution in [3.05, 3.63) is 108 Å². The largest absolute Gasteiger partial charge is 0.475 e. The molecule has 0 aliphatic heterocycles. The fraction of sp³-hybridized carbons (Fsp3) is 0.343. The highest BCUT2D eigenvalue weighted by Crippen LogP contribution is 2.20. The Morgan fingerprint density at radius 1 is 0.480 bits per heavy atom. The number of aromatic nitrogens is 1. The van der Waals surface area contributed by atoms with Gasteiger partial charge in [0.1, 0.15) is 26.4 Å². The molecule has 0 aliphatic rings. The number of hydrogen-bond acceptors (Lipinski definition) is 13. The van der Waals surface area contributed by atoms with E-state index >= 15 is 0 Å². The van der Waals surface area contributed by atoms with Gasteiger partial charge >= 0.3 is 12.2 Å². The lowest BCUT2D eigenvalue weighted by Gasteiger charge is -2.21. The zero-order valence-corrected chi connectivity index (χ0v) is 30.7. The molecule has 0 saturated heterocycles. The van der Waals surface area contributed by atoms with Crippen LogP contribution in [-0.2, 0) is 45.1 Å². The van der Waals surface area contributed by atoms with Crippen LogP contribution in [0.15, 0.2) is 88.3 Å². The lowest BCUT2D eigenvalue weighted by atomic mass is 10.4. The van der Waals surface area contributed by atoms with Gasteiger partial charge in [0.15, 0.2) is 0 Å². The molecule has 0 atom stereocenters. The molecule has 0 unspecified atom stereocenters. The molecule has 5 aromatic heterocycles. The van der Waals surface area contributed by atoms with Gasteiger partial charge in [-0.05, 0) is 45.8 Å². The van der Waals surface area contributed by atoms with E-state index in [4.69, 9.17) is 28.4 Å². The van der Waals surface area contributed by atoms with Crippen molar-refractivity contribution in [2.45, 2.75) is 26.2 Å². The molecule has 0 radical (unpaired) electrons. The third kappa shape index (κ3) is 13.4. The molecule has 0 fully saturated rings. The van der Waals surface area contributed by atoms with Crippen molar-refractivity contribution in [3.63, 3.8) is 0 Å². The van der Waals surface area contributed by atoms with Crippen LogP contribution in [0.5, 0.6) is 11.8 Å². The smallest absolute Gasteiger partial charge is 0.410 e. The van der Waals surface area contributed by atoms with Crippen molar-refractivity contribution in [2.24, 2.45) is 0 Å². The zero-order chi connectivity index (χ0) is 34.6. The quantitative estimate of drug-likeness (QED) is 0.0654. The molecule has 5 heterocycles. The first-order chi connectivity index (χ1) is 24.6. The van der Waals surface area contributed by atoms with Crippen molar-refractivity contribution < 1.29 is 38.0 Å². The summed E-state index contributed by atoms with van der Waals surface area (Å²) in [6, 6.07) is 21.2. The van der Waals surface area contributed by atoms with E-state index in [1.54, 1.807) is 73.3 Å². The molecule has 0 N–H and O–H groups in total. The van der Waals surface area contributed by atoms with Gasteiger partial charge in [0.05, 0.1) is 52.6 Å². The summed E-state index contributed by atoms with van der Waals surface area (Å²) in [6.45, 7) is 3.91. The van der Waals surface area contributed by atoms with Crippen LogP contribution in [0.3, 0.4) is 0 Å². The van der Waals surface area contributed by atoms with Crippen LogP contribution in [0.4, 0.5) is 9.59 Å². The molecule has 0 spiro atoms. The van der Waals surface area contributed by atoms with Crippen molar-refractivity contribution in [1.29, 1.82) is 0 Å². The van der Waals surface area contributed by atoms with Crippen LogP contribution < -0.4 is 9.47 Å². The molecule has 15 heteroatoms. The topological polar surface area (TPSA) is 109 Å². The fourth-order valence-corrected chi connectivity index (χ4v) is 7.34. The maximum absolute atomic E-state index is 12.8. The summed E-state index contributed by atoms with van der Waals surface area (Å²) in [4.78, 5) is 37.6.